The maximum atomic E-state index is 13.2. The number of rotatable bonds is 2. The Morgan fingerprint density at radius 1 is 1.45 bits per heavy atom. The Hall–Kier alpha value is -2.94. The molecular formula is C14H11FN4O. The van der Waals surface area contributed by atoms with E-state index in [1.165, 1.54) is 24.4 Å². The highest BCUT2D eigenvalue weighted by molar-refractivity contribution is 6.05. The molecule has 0 bridgehead atoms. The number of anilines is 2. The van der Waals surface area contributed by atoms with Crippen LogP contribution in [0.15, 0.2) is 30.5 Å². The molecule has 3 N–H and O–H groups in total. The normalized spacial score (nSPS) is 9.85. The van der Waals surface area contributed by atoms with Crippen molar-refractivity contribution < 1.29 is 9.18 Å². The number of carbonyl (C=O) groups is 1. The Morgan fingerprint density at radius 3 is 2.90 bits per heavy atom. The molecule has 5 nitrogen and oxygen atoms in total. The molecule has 1 aromatic heterocycles. The highest BCUT2D eigenvalue weighted by Crippen LogP contribution is 2.16. The Kier molecular flexibility index (Phi) is 3.62. The van der Waals surface area contributed by atoms with E-state index < -0.39 is 11.7 Å². The lowest BCUT2D eigenvalue weighted by molar-refractivity contribution is 0.102. The first kappa shape index (κ1) is 13.5. The number of hydrogen-bond acceptors (Lipinski definition) is 4. The fourth-order valence-corrected chi connectivity index (χ4v) is 1.67. The smallest absolute Gasteiger partial charge is 0.257 e. The van der Waals surface area contributed by atoms with Gasteiger partial charge in [-0.3, -0.25) is 9.78 Å². The minimum absolute atomic E-state index is 0.134. The van der Waals surface area contributed by atoms with Crippen molar-refractivity contribution in [2.24, 2.45) is 0 Å². The number of nitrogens with zero attached hydrogens (tertiary/aromatic N) is 2. The number of aromatic nitrogens is 1. The number of aryl methyl sites for hydroxylation is 1. The van der Waals surface area contributed by atoms with E-state index >= 15 is 0 Å². The molecule has 0 aliphatic rings. The minimum Gasteiger partial charge on any atom is -0.397 e. The lowest BCUT2D eigenvalue weighted by atomic mass is 10.1. The molecule has 2 aromatic rings. The van der Waals surface area contributed by atoms with E-state index in [2.05, 4.69) is 10.3 Å². The molecule has 1 amide bonds. The summed E-state index contributed by atoms with van der Waals surface area (Å²) in [6, 6.07) is 6.98. The molecule has 0 radical (unpaired) electrons. The van der Waals surface area contributed by atoms with Gasteiger partial charge in [-0.05, 0) is 31.2 Å². The van der Waals surface area contributed by atoms with Gasteiger partial charge in [-0.2, -0.15) is 5.26 Å². The van der Waals surface area contributed by atoms with Crippen LogP contribution in [-0.4, -0.2) is 10.9 Å². The predicted molar refractivity (Wildman–Crippen MR) is 72.5 cm³/mol. The number of amides is 1. The van der Waals surface area contributed by atoms with Crippen molar-refractivity contribution in [1.29, 1.82) is 5.26 Å². The fourth-order valence-electron chi connectivity index (χ4n) is 1.67. The number of benzene rings is 1. The van der Waals surface area contributed by atoms with Gasteiger partial charge in [-0.1, -0.05) is 0 Å². The summed E-state index contributed by atoms with van der Waals surface area (Å²) in [6.07, 6.45) is 1.46. The number of halogens is 1. The van der Waals surface area contributed by atoms with Crippen LogP contribution >= 0.6 is 0 Å². The molecule has 100 valence electrons. The fraction of sp³-hybridized carbons (Fsp3) is 0.0714. The molecule has 0 fully saturated rings. The van der Waals surface area contributed by atoms with Crippen LogP contribution < -0.4 is 11.1 Å². The van der Waals surface area contributed by atoms with Crippen LogP contribution in [0.2, 0.25) is 0 Å². The van der Waals surface area contributed by atoms with E-state index in [9.17, 15) is 9.18 Å². The van der Waals surface area contributed by atoms with Gasteiger partial charge in [0.1, 0.15) is 11.9 Å². The SMILES string of the molecule is Cc1ncc(N)cc1C(=O)Nc1ccc(F)c(C#N)c1. The quantitative estimate of drug-likeness (QED) is 0.875. The van der Waals surface area contributed by atoms with Gasteiger partial charge in [-0.25, -0.2) is 4.39 Å². The lowest BCUT2D eigenvalue weighted by Gasteiger charge is -2.08. The first-order valence-electron chi connectivity index (χ1n) is 5.74. The monoisotopic (exact) mass is 270 g/mol. The summed E-state index contributed by atoms with van der Waals surface area (Å²) in [5, 5.41) is 11.3. The maximum absolute atomic E-state index is 13.2. The van der Waals surface area contributed by atoms with Crippen molar-refractivity contribution in [2.75, 3.05) is 11.1 Å². The second kappa shape index (κ2) is 5.36. The van der Waals surface area contributed by atoms with Crippen LogP contribution in [0, 0.1) is 24.1 Å². The van der Waals surface area contributed by atoms with Gasteiger partial charge in [0, 0.05) is 5.69 Å². The van der Waals surface area contributed by atoms with E-state index in [1.807, 2.05) is 0 Å². The second-order valence-electron chi connectivity index (χ2n) is 4.16. The van der Waals surface area contributed by atoms with Crippen LogP contribution in [0.5, 0.6) is 0 Å². The van der Waals surface area contributed by atoms with Gasteiger partial charge < -0.3 is 11.1 Å². The zero-order valence-corrected chi connectivity index (χ0v) is 10.6. The summed E-state index contributed by atoms with van der Waals surface area (Å²) in [4.78, 5) is 16.1. The third kappa shape index (κ3) is 2.72. The summed E-state index contributed by atoms with van der Waals surface area (Å²) < 4.78 is 13.2. The lowest BCUT2D eigenvalue weighted by Crippen LogP contribution is -2.14. The van der Waals surface area contributed by atoms with Gasteiger partial charge in [0.05, 0.1) is 28.7 Å². The van der Waals surface area contributed by atoms with Crippen LogP contribution in [0.4, 0.5) is 15.8 Å². The van der Waals surface area contributed by atoms with E-state index in [0.29, 0.717) is 22.6 Å². The largest absolute Gasteiger partial charge is 0.397 e. The number of nitrogens with one attached hydrogen (secondary N) is 1. The summed E-state index contributed by atoms with van der Waals surface area (Å²) in [7, 11) is 0. The van der Waals surface area contributed by atoms with Gasteiger partial charge in [0.25, 0.3) is 5.91 Å². The molecule has 1 aromatic carbocycles. The van der Waals surface area contributed by atoms with Crippen molar-refractivity contribution in [1.82, 2.24) is 4.98 Å². The number of nitriles is 1. The van der Waals surface area contributed by atoms with Crippen LogP contribution in [0.25, 0.3) is 0 Å². The number of nitrogens with two attached hydrogens (primary N) is 1. The van der Waals surface area contributed by atoms with Gasteiger partial charge >= 0.3 is 0 Å². The van der Waals surface area contributed by atoms with Crippen molar-refractivity contribution in [3.63, 3.8) is 0 Å². The molecule has 2 rings (SSSR count). The molecule has 0 saturated carbocycles. The predicted octanol–water partition coefficient (Wildman–Crippen LogP) is 2.24. The standard InChI is InChI=1S/C14H11FN4O/c1-8-12(5-10(17)7-18-8)14(20)19-11-2-3-13(15)9(4-11)6-16/h2-5,7H,17H2,1H3,(H,19,20). The summed E-state index contributed by atoms with van der Waals surface area (Å²) in [5.41, 5.74) is 7.01. The van der Waals surface area contributed by atoms with Gasteiger partial charge in [0.15, 0.2) is 0 Å². The Bertz CT molecular complexity index is 722. The first-order valence-corrected chi connectivity index (χ1v) is 5.74. The molecule has 0 spiro atoms. The molecule has 6 heteroatoms. The Balaban J connectivity index is 2.28. The molecule has 0 aliphatic carbocycles. The van der Waals surface area contributed by atoms with E-state index in [-0.39, 0.29) is 5.56 Å². The molecule has 0 atom stereocenters. The highest BCUT2D eigenvalue weighted by atomic mass is 19.1. The van der Waals surface area contributed by atoms with Crippen molar-refractivity contribution >= 4 is 17.3 Å². The Labute approximate surface area is 114 Å². The highest BCUT2D eigenvalue weighted by Gasteiger charge is 2.12. The van der Waals surface area contributed by atoms with Gasteiger partial charge in [0.2, 0.25) is 0 Å². The molecule has 20 heavy (non-hydrogen) atoms. The maximum Gasteiger partial charge on any atom is 0.257 e. The molecule has 0 aliphatic heterocycles. The average molecular weight is 270 g/mol. The van der Waals surface area contributed by atoms with Crippen molar-refractivity contribution in [3.8, 4) is 6.07 Å². The Morgan fingerprint density at radius 2 is 2.20 bits per heavy atom. The minimum atomic E-state index is -0.632. The molecule has 0 saturated heterocycles. The third-order valence-electron chi connectivity index (χ3n) is 2.70. The van der Waals surface area contributed by atoms with E-state index in [4.69, 9.17) is 11.0 Å². The number of carbonyl (C=O) groups excluding carboxylic acids is 1. The number of nitrogen functional groups attached to an aromatic ring is 1. The first-order chi connectivity index (χ1) is 9.51. The molecule has 0 unspecified atom stereocenters. The van der Waals surface area contributed by atoms with Crippen molar-refractivity contribution in [3.05, 3.63) is 53.1 Å². The van der Waals surface area contributed by atoms with Crippen molar-refractivity contribution in [2.45, 2.75) is 6.92 Å². The summed E-state index contributed by atoms with van der Waals surface area (Å²) in [5.74, 6) is -1.05. The topological polar surface area (TPSA) is 91.8 Å². The zero-order valence-electron chi connectivity index (χ0n) is 10.6. The third-order valence-corrected chi connectivity index (χ3v) is 2.70. The van der Waals surface area contributed by atoms with E-state index in [0.717, 1.165) is 6.07 Å². The molecule has 1 heterocycles. The average Bonchev–Trinajstić information content (AvgIpc) is 2.43. The summed E-state index contributed by atoms with van der Waals surface area (Å²) >= 11 is 0. The zero-order chi connectivity index (χ0) is 14.7. The van der Waals surface area contributed by atoms with E-state index in [1.54, 1.807) is 13.0 Å². The van der Waals surface area contributed by atoms with Crippen LogP contribution in [-0.2, 0) is 0 Å². The number of pyridine rings is 1. The van der Waals surface area contributed by atoms with Crippen LogP contribution in [0.1, 0.15) is 21.6 Å². The number of hydrogen-bond donors (Lipinski definition) is 2. The summed E-state index contributed by atoms with van der Waals surface area (Å²) in [6.45, 7) is 1.68. The van der Waals surface area contributed by atoms with Gasteiger partial charge in [-0.15, -0.1) is 0 Å². The van der Waals surface area contributed by atoms with Crippen LogP contribution in [0.3, 0.4) is 0 Å². The second-order valence-corrected chi connectivity index (χ2v) is 4.16. The molecular weight excluding hydrogens is 259 g/mol.